The Bertz CT molecular complexity index is 525. The number of rotatable bonds is 5. The van der Waals surface area contributed by atoms with Crippen molar-refractivity contribution in [2.75, 3.05) is 25.1 Å². The van der Waals surface area contributed by atoms with Crippen LogP contribution in [0.2, 0.25) is 0 Å². The third kappa shape index (κ3) is 3.80. The Kier molecular flexibility index (Phi) is 4.63. The van der Waals surface area contributed by atoms with Gasteiger partial charge in [0.15, 0.2) is 0 Å². The van der Waals surface area contributed by atoms with Gasteiger partial charge in [-0.25, -0.2) is 8.42 Å². The van der Waals surface area contributed by atoms with E-state index in [-0.39, 0.29) is 5.75 Å². The molecule has 1 heterocycles. The molecule has 0 aromatic heterocycles. The quantitative estimate of drug-likeness (QED) is 0.832. The van der Waals surface area contributed by atoms with Crippen molar-refractivity contribution in [2.45, 2.75) is 32.2 Å². The van der Waals surface area contributed by atoms with Crippen LogP contribution in [0.3, 0.4) is 0 Å². The lowest BCUT2D eigenvalue weighted by Gasteiger charge is -2.37. The summed E-state index contributed by atoms with van der Waals surface area (Å²) in [6.07, 6.45) is 4.56. The van der Waals surface area contributed by atoms with E-state index in [9.17, 15) is 8.42 Å². The molecule has 4 heteroatoms. The fourth-order valence-electron chi connectivity index (χ4n) is 2.87. The standard InChI is InChI=1S/C15H23NO2S/c1-3-6-15-14-8-5-4-7-13(14)9-10-16(15)11-12-19(2,17)18/h4-5,7-8,15H,3,6,9-12H2,1-2H3/t15-/m1/s1. The summed E-state index contributed by atoms with van der Waals surface area (Å²) in [7, 11) is -2.88. The van der Waals surface area contributed by atoms with E-state index < -0.39 is 9.84 Å². The third-order valence-corrected chi connectivity index (χ3v) is 4.76. The van der Waals surface area contributed by atoms with E-state index in [2.05, 4.69) is 36.1 Å². The smallest absolute Gasteiger partial charge is 0.148 e. The molecule has 0 saturated carbocycles. The fraction of sp³-hybridized carbons (Fsp3) is 0.600. The van der Waals surface area contributed by atoms with E-state index in [0.717, 1.165) is 25.8 Å². The highest BCUT2D eigenvalue weighted by molar-refractivity contribution is 7.90. The molecule has 1 aromatic rings. The first-order valence-corrected chi connectivity index (χ1v) is 9.07. The third-order valence-electron chi connectivity index (χ3n) is 3.83. The van der Waals surface area contributed by atoms with Crippen molar-refractivity contribution in [1.82, 2.24) is 4.90 Å². The summed E-state index contributed by atoms with van der Waals surface area (Å²) < 4.78 is 22.7. The highest BCUT2D eigenvalue weighted by atomic mass is 32.2. The molecule has 2 rings (SSSR count). The molecule has 106 valence electrons. The van der Waals surface area contributed by atoms with Gasteiger partial charge in [-0.3, -0.25) is 4.90 Å². The molecule has 19 heavy (non-hydrogen) atoms. The summed E-state index contributed by atoms with van der Waals surface area (Å²) in [6, 6.07) is 8.96. The molecule has 0 aliphatic carbocycles. The first kappa shape index (κ1) is 14.5. The Morgan fingerprint density at radius 2 is 2.05 bits per heavy atom. The van der Waals surface area contributed by atoms with Crippen LogP contribution in [0.25, 0.3) is 0 Å². The van der Waals surface area contributed by atoms with E-state index in [4.69, 9.17) is 0 Å². The lowest BCUT2D eigenvalue weighted by molar-refractivity contribution is 0.185. The van der Waals surface area contributed by atoms with Crippen LogP contribution < -0.4 is 0 Å². The molecule has 0 bridgehead atoms. The SMILES string of the molecule is CCC[C@@H]1c2ccccc2CCN1CCS(C)(=O)=O. The summed E-state index contributed by atoms with van der Waals surface area (Å²) in [5.74, 6) is 0.259. The summed E-state index contributed by atoms with van der Waals surface area (Å²) in [6.45, 7) is 3.81. The maximum Gasteiger partial charge on any atom is 0.148 e. The van der Waals surface area contributed by atoms with Crippen molar-refractivity contribution < 1.29 is 8.42 Å². The van der Waals surface area contributed by atoms with Gasteiger partial charge in [-0.05, 0) is 24.0 Å². The Balaban J connectivity index is 2.17. The normalized spacial score (nSPS) is 20.2. The van der Waals surface area contributed by atoms with Crippen molar-refractivity contribution in [3.05, 3.63) is 35.4 Å². The van der Waals surface area contributed by atoms with E-state index in [1.807, 2.05) is 0 Å². The molecular formula is C15H23NO2S. The zero-order valence-electron chi connectivity index (χ0n) is 11.8. The molecule has 1 aromatic carbocycles. The maximum atomic E-state index is 11.4. The predicted octanol–water partition coefficient (Wildman–Crippen LogP) is 2.43. The molecule has 3 nitrogen and oxygen atoms in total. The monoisotopic (exact) mass is 281 g/mol. The van der Waals surface area contributed by atoms with Gasteiger partial charge in [0.25, 0.3) is 0 Å². The van der Waals surface area contributed by atoms with Gasteiger partial charge in [0.05, 0.1) is 5.75 Å². The van der Waals surface area contributed by atoms with Crippen molar-refractivity contribution >= 4 is 9.84 Å². The van der Waals surface area contributed by atoms with Gasteiger partial charge in [0, 0.05) is 25.4 Å². The molecule has 0 N–H and O–H groups in total. The zero-order chi connectivity index (χ0) is 13.9. The first-order valence-electron chi connectivity index (χ1n) is 7.01. The van der Waals surface area contributed by atoms with Crippen LogP contribution in [0.4, 0.5) is 0 Å². The van der Waals surface area contributed by atoms with Crippen LogP contribution in [0.1, 0.15) is 36.9 Å². The highest BCUT2D eigenvalue weighted by Crippen LogP contribution is 2.32. The van der Waals surface area contributed by atoms with Crippen LogP contribution in [-0.4, -0.2) is 38.4 Å². The second-order valence-electron chi connectivity index (χ2n) is 5.42. The number of nitrogens with zero attached hydrogens (tertiary/aromatic N) is 1. The van der Waals surface area contributed by atoms with E-state index >= 15 is 0 Å². The van der Waals surface area contributed by atoms with Crippen molar-refractivity contribution in [3.63, 3.8) is 0 Å². The molecule has 1 aliphatic heterocycles. The largest absolute Gasteiger partial charge is 0.295 e. The summed E-state index contributed by atoms with van der Waals surface area (Å²) >= 11 is 0. The number of hydrogen-bond acceptors (Lipinski definition) is 3. The minimum absolute atomic E-state index is 0.259. The minimum atomic E-state index is -2.88. The van der Waals surface area contributed by atoms with Gasteiger partial charge >= 0.3 is 0 Å². The van der Waals surface area contributed by atoms with Crippen LogP contribution in [0.5, 0.6) is 0 Å². The molecule has 0 fully saturated rings. The second-order valence-corrected chi connectivity index (χ2v) is 7.68. The average Bonchev–Trinajstić information content (AvgIpc) is 2.37. The van der Waals surface area contributed by atoms with E-state index in [1.54, 1.807) is 0 Å². The van der Waals surface area contributed by atoms with Crippen LogP contribution >= 0.6 is 0 Å². The molecule has 0 amide bonds. The molecule has 1 atom stereocenters. The Morgan fingerprint density at radius 3 is 2.74 bits per heavy atom. The second kappa shape index (κ2) is 6.06. The number of benzene rings is 1. The Labute approximate surface area is 116 Å². The van der Waals surface area contributed by atoms with E-state index in [0.29, 0.717) is 12.6 Å². The topological polar surface area (TPSA) is 37.4 Å². The predicted molar refractivity (Wildman–Crippen MR) is 79.1 cm³/mol. The molecule has 0 radical (unpaired) electrons. The van der Waals surface area contributed by atoms with Crippen molar-refractivity contribution in [3.8, 4) is 0 Å². The minimum Gasteiger partial charge on any atom is -0.295 e. The molecule has 0 saturated heterocycles. The maximum absolute atomic E-state index is 11.4. The fourth-order valence-corrected chi connectivity index (χ4v) is 3.43. The molecule has 0 spiro atoms. The van der Waals surface area contributed by atoms with Gasteiger partial charge in [-0.1, -0.05) is 37.6 Å². The van der Waals surface area contributed by atoms with E-state index in [1.165, 1.54) is 17.4 Å². The van der Waals surface area contributed by atoms with Crippen LogP contribution in [-0.2, 0) is 16.3 Å². The number of fused-ring (bicyclic) bond motifs is 1. The zero-order valence-corrected chi connectivity index (χ0v) is 12.6. The van der Waals surface area contributed by atoms with Gasteiger partial charge in [0.2, 0.25) is 0 Å². The van der Waals surface area contributed by atoms with Crippen molar-refractivity contribution in [2.24, 2.45) is 0 Å². The van der Waals surface area contributed by atoms with Crippen LogP contribution in [0.15, 0.2) is 24.3 Å². The average molecular weight is 281 g/mol. The number of hydrogen-bond donors (Lipinski definition) is 0. The Morgan fingerprint density at radius 1 is 1.32 bits per heavy atom. The van der Waals surface area contributed by atoms with Gasteiger partial charge in [-0.2, -0.15) is 0 Å². The van der Waals surface area contributed by atoms with Gasteiger partial charge in [-0.15, -0.1) is 0 Å². The molecule has 0 unspecified atom stereocenters. The van der Waals surface area contributed by atoms with Gasteiger partial charge in [0.1, 0.15) is 9.84 Å². The summed E-state index contributed by atoms with van der Waals surface area (Å²) in [4.78, 5) is 2.34. The lowest BCUT2D eigenvalue weighted by Crippen LogP contribution is -2.38. The molecule has 1 aliphatic rings. The highest BCUT2D eigenvalue weighted by Gasteiger charge is 2.26. The van der Waals surface area contributed by atoms with Crippen LogP contribution in [0, 0.1) is 0 Å². The first-order chi connectivity index (χ1) is 9.01. The number of sulfone groups is 1. The molecular weight excluding hydrogens is 258 g/mol. The Hall–Kier alpha value is -0.870. The summed E-state index contributed by atoms with van der Waals surface area (Å²) in [5.41, 5.74) is 2.82. The lowest BCUT2D eigenvalue weighted by atomic mass is 9.90. The van der Waals surface area contributed by atoms with Gasteiger partial charge < -0.3 is 0 Å². The summed E-state index contributed by atoms with van der Waals surface area (Å²) in [5, 5.41) is 0. The van der Waals surface area contributed by atoms with Crippen molar-refractivity contribution in [1.29, 1.82) is 0 Å².